The number of hydrogen-bond acceptors (Lipinski definition) is 4. The van der Waals surface area contributed by atoms with E-state index in [4.69, 9.17) is 5.73 Å². The molecule has 1 atom stereocenters. The van der Waals surface area contributed by atoms with Gasteiger partial charge in [-0.05, 0) is 24.8 Å². The Balaban J connectivity index is 2.09. The molecule has 1 aliphatic heterocycles. The first-order valence-electron chi connectivity index (χ1n) is 6.26. The number of hydrogen-bond donors (Lipinski definition) is 1. The Bertz CT molecular complexity index is 485. The van der Waals surface area contributed by atoms with Gasteiger partial charge in [0, 0.05) is 19.2 Å². The van der Waals surface area contributed by atoms with Gasteiger partial charge < -0.3 is 10.6 Å². The molecule has 0 spiro atoms. The lowest BCUT2D eigenvalue weighted by Gasteiger charge is -2.31. The summed E-state index contributed by atoms with van der Waals surface area (Å²) in [7, 11) is 0. The van der Waals surface area contributed by atoms with Crippen LogP contribution in [0.3, 0.4) is 0 Å². The zero-order chi connectivity index (χ0) is 13.8. The van der Waals surface area contributed by atoms with Gasteiger partial charge in [-0.2, -0.15) is 4.99 Å². The van der Waals surface area contributed by atoms with Gasteiger partial charge in [-0.3, -0.25) is 10.1 Å². The van der Waals surface area contributed by atoms with E-state index in [1.54, 1.807) is 0 Å². The summed E-state index contributed by atoms with van der Waals surface area (Å²) in [5.74, 6) is 1.42. The lowest BCUT2D eigenvalue weighted by atomic mass is 10.0. The zero-order valence-electron chi connectivity index (χ0n) is 10.8. The third-order valence-corrected chi connectivity index (χ3v) is 3.15. The zero-order valence-corrected chi connectivity index (χ0v) is 10.8. The van der Waals surface area contributed by atoms with E-state index < -0.39 is 4.92 Å². The van der Waals surface area contributed by atoms with Crippen molar-refractivity contribution in [1.82, 2.24) is 9.88 Å². The summed E-state index contributed by atoms with van der Waals surface area (Å²) in [5, 5.41) is 10.5. The number of likely N-dealkylation sites (tertiary alicyclic amines) is 1. The largest absolute Gasteiger partial charge is 0.369 e. The molecule has 1 aromatic heterocycles. The van der Waals surface area contributed by atoms with Gasteiger partial charge in [0.15, 0.2) is 11.8 Å². The summed E-state index contributed by atoms with van der Waals surface area (Å²) in [6.07, 6.45) is 3.50. The van der Waals surface area contributed by atoms with Crippen molar-refractivity contribution in [2.75, 3.05) is 13.1 Å². The van der Waals surface area contributed by atoms with Crippen molar-refractivity contribution in [2.24, 2.45) is 16.6 Å². The molecule has 0 amide bonds. The average molecular weight is 263 g/mol. The van der Waals surface area contributed by atoms with E-state index in [1.807, 2.05) is 4.90 Å². The predicted molar refractivity (Wildman–Crippen MR) is 72.1 cm³/mol. The molecule has 0 radical (unpaired) electrons. The van der Waals surface area contributed by atoms with Gasteiger partial charge in [0.25, 0.3) is 5.69 Å². The summed E-state index contributed by atoms with van der Waals surface area (Å²) in [4.78, 5) is 20.2. The fraction of sp³-hybridized carbons (Fsp3) is 0.500. The summed E-state index contributed by atoms with van der Waals surface area (Å²) in [6, 6.07) is 2.87. The van der Waals surface area contributed by atoms with Crippen molar-refractivity contribution in [3.8, 4) is 0 Å². The lowest BCUT2D eigenvalue weighted by molar-refractivity contribution is -0.385. The highest BCUT2D eigenvalue weighted by molar-refractivity contribution is 5.80. The minimum Gasteiger partial charge on any atom is -0.369 e. The van der Waals surface area contributed by atoms with Crippen LogP contribution < -0.4 is 5.73 Å². The molecule has 1 fully saturated rings. The van der Waals surface area contributed by atoms with Crippen LogP contribution in [0, 0.1) is 16.0 Å². The van der Waals surface area contributed by atoms with Gasteiger partial charge in [0.2, 0.25) is 0 Å². The molecule has 19 heavy (non-hydrogen) atoms. The van der Waals surface area contributed by atoms with E-state index in [9.17, 15) is 10.1 Å². The summed E-state index contributed by atoms with van der Waals surface area (Å²) in [6.45, 7) is 3.97. The molecule has 1 saturated heterocycles. The van der Waals surface area contributed by atoms with Crippen molar-refractivity contribution in [3.05, 3.63) is 28.4 Å². The third kappa shape index (κ3) is 3.40. The van der Waals surface area contributed by atoms with Crippen LogP contribution in [0.25, 0.3) is 0 Å². The number of piperidine rings is 1. The fourth-order valence-corrected chi connectivity index (χ4v) is 2.14. The molecule has 1 unspecified atom stereocenters. The van der Waals surface area contributed by atoms with Crippen LogP contribution in [-0.2, 0) is 0 Å². The highest BCUT2D eigenvalue weighted by Gasteiger charge is 2.17. The Kier molecular flexibility index (Phi) is 3.94. The van der Waals surface area contributed by atoms with Gasteiger partial charge in [0.05, 0.1) is 4.92 Å². The maximum absolute atomic E-state index is 10.5. The highest BCUT2D eigenvalue weighted by Crippen LogP contribution is 2.17. The van der Waals surface area contributed by atoms with Crippen molar-refractivity contribution in [3.63, 3.8) is 0 Å². The smallest absolute Gasteiger partial charge is 0.287 e. The number of rotatable bonds is 2. The molecule has 0 saturated carbocycles. The molecular weight excluding hydrogens is 246 g/mol. The van der Waals surface area contributed by atoms with Crippen LogP contribution in [0.2, 0.25) is 0 Å². The SMILES string of the molecule is CC1CCCN(C(N)=Nc2ccc([N+](=O)[O-])cn2)C1. The number of guanidine groups is 1. The Morgan fingerprint density at radius 2 is 2.42 bits per heavy atom. The predicted octanol–water partition coefficient (Wildman–Crippen LogP) is 1.67. The van der Waals surface area contributed by atoms with Crippen molar-refractivity contribution < 1.29 is 4.92 Å². The minimum absolute atomic E-state index is 0.0517. The fourth-order valence-electron chi connectivity index (χ4n) is 2.14. The van der Waals surface area contributed by atoms with E-state index in [1.165, 1.54) is 24.8 Å². The quantitative estimate of drug-likeness (QED) is 0.379. The summed E-state index contributed by atoms with van der Waals surface area (Å²) < 4.78 is 0. The van der Waals surface area contributed by atoms with Gasteiger partial charge in [0.1, 0.15) is 6.20 Å². The monoisotopic (exact) mass is 263 g/mol. The van der Waals surface area contributed by atoms with Crippen LogP contribution in [0.5, 0.6) is 0 Å². The Labute approximate surface area is 111 Å². The molecular formula is C12H17N5O2. The van der Waals surface area contributed by atoms with Crippen LogP contribution in [-0.4, -0.2) is 33.9 Å². The topological polar surface area (TPSA) is 97.6 Å². The van der Waals surface area contributed by atoms with Gasteiger partial charge in [-0.1, -0.05) is 6.92 Å². The molecule has 102 valence electrons. The molecule has 2 N–H and O–H groups in total. The van der Waals surface area contributed by atoms with E-state index in [-0.39, 0.29) is 5.69 Å². The van der Waals surface area contributed by atoms with Gasteiger partial charge >= 0.3 is 0 Å². The first-order valence-corrected chi connectivity index (χ1v) is 6.26. The van der Waals surface area contributed by atoms with Crippen molar-refractivity contribution >= 4 is 17.5 Å². The molecule has 0 bridgehead atoms. The van der Waals surface area contributed by atoms with Crippen molar-refractivity contribution in [1.29, 1.82) is 0 Å². The first-order chi connectivity index (χ1) is 9.06. The number of aliphatic imine (C=N–C) groups is 1. The van der Waals surface area contributed by atoms with Crippen LogP contribution in [0.1, 0.15) is 19.8 Å². The normalized spacial score (nSPS) is 20.4. The number of pyridine rings is 1. The molecule has 1 aromatic rings. The molecule has 7 nitrogen and oxygen atoms in total. The van der Waals surface area contributed by atoms with Gasteiger partial charge in [-0.15, -0.1) is 0 Å². The minimum atomic E-state index is -0.490. The van der Waals surface area contributed by atoms with Crippen LogP contribution in [0.15, 0.2) is 23.3 Å². The second kappa shape index (κ2) is 5.64. The number of nitro groups is 1. The van der Waals surface area contributed by atoms with Gasteiger partial charge in [-0.25, -0.2) is 4.98 Å². The Morgan fingerprint density at radius 1 is 1.63 bits per heavy atom. The van der Waals surface area contributed by atoms with E-state index in [0.29, 0.717) is 17.7 Å². The van der Waals surface area contributed by atoms with E-state index in [2.05, 4.69) is 16.9 Å². The molecule has 0 aromatic carbocycles. The van der Waals surface area contributed by atoms with Crippen molar-refractivity contribution in [2.45, 2.75) is 19.8 Å². The molecule has 1 aliphatic rings. The van der Waals surface area contributed by atoms with E-state index in [0.717, 1.165) is 19.5 Å². The lowest BCUT2D eigenvalue weighted by Crippen LogP contribution is -2.43. The number of aromatic nitrogens is 1. The Morgan fingerprint density at radius 3 is 3.00 bits per heavy atom. The Hall–Kier alpha value is -2.18. The van der Waals surface area contributed by atoms with Crippen LogP contribution in [0.4, 0.5) is 11.5 Å². The molecule has 0 aliphatic carbocycles. The standard InChI is InChI=1S/C12H17N5O2/c1-9-3-2-6-16(8-9)12(13)15-11-5-4-10(7-14-11)17(18)19/h4-5,7,9H,2-3,6,8H2,1H3,(H2,13,14,15). The van der Waals surface area contributed by atoms with Crippen LogP contribution >= 0.6 is 0 Å². The highest BCUT2D eigenvalue weighted by atomic mass is 16.6. The number of nitrogens with two attached hydrogens (primary N) is 1. The number of nitrogens with zero attached hydrogens (tertiary/aromatic N) is 4. The second-order valence-electron chi connectivity index (χ2n) is 4.80. The maximum atomic E-state index is 10.5. The molecule has 7 heteroatoms. The third-order valence-electron chi connectivity index (χ3n) is 3.15. The molecule has 2 heterocycles. The first kappa shape index (κ1) is 13.3. The summed E-state index contributed by atoms with van der Waals surface area (Å²) >= 11 is 0. The summed E-state index contributed by atoms with van der Waals surface area (Å²) in [5.41, 5.74) is 5.89. The van der Waals surface area contributed by atoms with E-state index >= 15 is 0 Å². The average Bonchev–Trinajstić information content (AvgIpc) is 2.39. The maximum Gasteiger partial charge on any atom is 0.287 e. The second-order valence-corrected chi connectivity index (χ2v) is 4.80. The molecule has 2 rings (SSSR count).